The first-order valence-electron chi connectivity index (χ1n) is 11.6. The van der Waals surface area contributed by atoms with Gasteiger partial charge in [-0.15, -0.1) is 0 Å². The van der Waals surface area contributed by atoms with Crippen molar-refractivity contribution in [3.05, 3.63) is 77.6 Å². The van der Waals surface area contributed by atoms with Crippen molar-refractivity contribution in [3.8, 4) is 0 Å². The molecule has 0 bridgehead atoms. The molecule has 1 amide bonds. The second-order valence-electron chi connectivity index (χ2n) is 9.03. The van der Waals surface area contributed by atoms with E-state index in [9.17, 15) is 9.59 Å². The number of aromatic nitrogens is 2. The molecule has 2 heterocycles. The van der Waals surface area contributed by atoms with E-state index in [-0.39, 0.29) is 17.1 Å². The van der Waals surface area contributed by atoms with Crippen LogP contribution in [-0.4, -0.2) is 28.7 Å². The van der Waals surface area contributed by atoms with Gasteiger partial charge in [0.2, 0.25) is 0 Å². The van der Waals surface area contributed by atoms with Crippen LogP contribution >= 0.6 is 0 Å². The van der Waals surface area contributed by atoms with Gasteiger partial charge in [-0.25, -0.2) is 9.97 Å². The van der Waals surface area contributed by atoms with E-state index in [0.717, 1.165) is 29.8 Å². The number of amides is 1. The van der Waals surface area contributed by atoms with Crippen molar-refractivity contribution in [2.24, 2.45) is 0 Å². The molecule has 0 aliphatic heterocycles. The Bertz CT molecular complexity index is 1110. The molecule has 7 nitrogen and oxygen atoms in total. The van der Waals surface area contributed by atoms with Crippen molar-refractivity contribution in [1.82, 2.24) is 15.3 Å². The Balaban J connectivity index is 1.62. The Morgan fingerprint density at radius 1 is 1.00 bits per heavy atom. The number of carbonyl (C=O) groups is 2. The van der Waals surface area contributed by atoms with Gasteiger partial charge in [-0.3, -0.25) is 9.59 Å². The molecule has 0 fully saturated rings. The lowest BCUT2D eigenvalue weighted by Crippen LogP contribution is -2.23. The van der Waals surface area contributed by atoms with Crippen LogP contribution < -0.4 is 16.4 Å². The smallest absolute Gasteiger partial charge is 0.254 e. The number of carbonyl (C=O) groups excluding carboxylic acids is 2. The van der Waals surface area contributed by atoms with Crippen LogP contribution in [0, 0.1) is 0 Å². The molecule has 4 N–H and O–H groups in total. The standard InChI is InChI=1S/C27H33N5O2/c1-27(2,17-7-10-21(33)13-11-19-12-16-24(28)30-18-19)23-15-14-22(26(34)29-3)25(32-23)31-20-8-5-4-6-9-20/h4-6,8-9,12,14-16,18H,7,10-11,13,17H2,1-3H3,(H2,28,30)(H,29,34)(H,31,32). The van der Waals surface area contributed by atoms with Crippen LogP contribution in [0.2, 0.25) is 0 Å². The predicted octanol–water partition coefficient (Wildman–Crippen LogP) is 4.81. The third-order valence-corrected chi connectivity index (χ3v) is 5.89. The molecular formula is C27H33N5O2. The summed E-state index contributed by atoms with van der Waals surface area (Å²) < 4.78 is 0. The van der Waals surface area contributed by atoms with E-state index >= 15 is 0 Å². The van der Waals surface area contributed by atoms with Crippen molar-refractivity contribution < 1.29 is 9.59 Å². The minimum atomic E-state index is -0.254. The number of nitrogens with one attached hydrogen (secondary N) is 2. The molecule has 7 heteroatoms. The van der Waals surface area contributed by atoms with E-state index in [1.165, 1.54) is 0 Å². The fourth-order valence-electron chi connectivity index (χ4n) is 3.76. The SMILES string of the molecule is CNC(=O)c1ccc(C(C)(C)CCCC(=O)CCc2ccc(N)nc2)nc1Nc1ccccc1. The molecule has 1 aromatic carbocycles. The second kappa shape index (κ2) is 11.4. The number of hydrogen-bond acceptors (Lipinski definition) is 6. The van der Waals surface area contributed by atoms with Gasteiger partial charge in [0.25, 0.3) is 5.91 Å². The molecule has 3 aromatic rings. The fourth-order valence-corrected chi connectivity index (χ4v) is 3.76. The van der Waals surface area contributed by atoms with Gasteiger partial charge >= 0.3 is 0 Å². The van der Waals surface area contributed by atoms with Gasteiger partial charge in [0.05, 0.1) is 5.56 Å². The van der Waals surface area contributed by atoms with E-state index in [4.69, 9.17) is 10.7 Å². The number of nitrogens with zero attached hydrogens (tertiary/aromatic N) is 2. The van der Waals surface area contributed by atoms with Crippen LogP contribution in [0.1, 0.15) is 61.1 Å². The molecule has 0 aliphatic rings. The zero-order valence-electron chi connectivity index (χ0n) is 20.1. The van der Waals surface area contributed by atoms with E-state index < -0.39 is 0 Å². The molecule has 0 spiro atoms. The molecule has 0 unspecified atom stereocenters. The average Bonchev–Trinajstić information content (AvgIpc) is 2.83. The first-order chi connectivity index (χ1) is 16.3. The van der Waals surface area contributed by atoms with Crippen LogP contribution in [0.4, 0.5) is 17.3 Å². The Morgan fingerprint density at radius 3 is 2.44 bits per heavy atom. The van der Waals surface area contributed by atoms with E-state index in [0.29, 0.717) is 36.5 Å². The minimum Gasteiger partial charge on any atom is -0.384 e. The summed E-state index contributed by atoms with van der Waals surface area (Å²) in [7, 11) is 1.60. The molecule has 0 saturated carbocycles. The third kappa shape index (κ3) is 6.88. The van der Waals surface area contributed by atoms with E-state index in [2.05, 4.69) is 29.5 Å². The maximum atomic E-state index is 12.4. The minimum absolute atomic E-state index is 0.197. The second-order valence-corrected chi connectivity index (χ2v) is 9.03. The highest BCUT2D eigenvalue weighted by Crippen LogP contribution is 2.30. The fraction of sp³-hybridized carbons (Fsp3) is 0.333. The van der Waals surface area contributed by atoms with Gasteiger partial charge in [0.15, 0.2) is 0 Å². The summed E-state index contributed by atoms with van der Waals surface area (Å²) in [6, 6.07) is 17.0. The van der Waals surface area contributed by atoms with Crippen LogP contribution in [0.5, 0.6) is 0 Å². The van der Waals surface area contributed by atoms with Crippen molar-refractivity contribution in [2.45, 2.75) is 51.4 Å². The van der Waals surface area contributed by atoms with Crippen LogP contribution in [0.15, 0.2) is 60.8 Å². The predicted molar refractivity (Wildman–Crippen MR) is 136 cm³/mol. The van der Waals surface area contributed by atoms with Crippen molar-refractivity contribution in [2.75, 3.05) is 18.1 Å². The molecule has 0 saturated heterocycles. The highest BCUT2D eigenvalue weighted by atomic mass is 16.1. The number of ketones is 1. The molecule has 178 valence electrons. The highest BCUT2D eigenvalue weighted by Gasteiger charge is 2.24. The number of nitrogens with two attached hydrogens (primary N) is 1. The van der Waals surface area contributed by atoms with Crippen molar-refractivity contribution in [1.29, 1.82) is 0 Å². The summed E-state index contributed by atoms with van der Waals surface area (Å²) in [5.74, 6) is 1.04. The highest BCUT2D eigenvalue weighted by molar-refractivity contribution is 5.99. The van der Waals surface area contributed by atoms with Gasteiger partial charge in [0, 0.05) is 42.9 Å². The van der Waals surface area contributed by atoms with Crippen LogP contribution in [0.3, 0.4) is 0 Å². The Kier molecular flexibility index (Phi) is 8.35. The molecular weight excluding hydrogens is 426 g/mol. The lowest BCUT2D eigenvalue weighted by molar-refractivity contribution is -0.119. The average molecular weight is 460 g/mol. The normalized spacial score (nSPS) is 11.1. The number of para-hydroxylation sites is 1. The third-order valence-electron chi connectivity index (χ3n) is 5.89. The van der Waals surface area contributed by atoms with Gasteiger partial charge in [0.1, 0.15) is 17.4 Å². The molecule has 3 rings (SSSR count). The Labute approximate surface area is 201 Å². The Hall–Kier alpha value is -3.74. The number of benzene rings is 1. The van der Waals surface area contributed by atoms with Gasteiger partial charge in [-0.05, 0) is 55.2 Å². The zero-order valence-corrected chi connectivity index (χ0v) is 20.1. The summed E-state index contributed by atoms with van der Waals surface area (Å²) >= 11 is 0. The quantitative estimate of drug-likeness (QED) is 0.379. The summed E-state index contributed by atoms with van der Waals surface area (Å²) in [5.41, 5.74) is 8.59. The van der Waals surface area contributed by atoms with E-state index in [1.54, 1.807) is 25.4 Å². The zero-order chi connectivity index (χ0) is 24.6. The van der Waals surface area contributed by atoms with Crippen LogP contribution in [0.25, 0.3) is 0 Å². The molecule has 0 atom stereocenters. The topological polar surface area (TPSA) is 110 Å². The van der Waals surface area contributed by atoms with Crippen LogP contribution in [-0.2, 0) is 16.6 Å². The number of pyridine rings is 2. The maximum Gasteiger partial charge on any atom is 0.254 e. The lowest BCUT2D eigenvalue weighted by atomic mass is 9.82. The molecule has 0 radical (unpaired) electrons. The number of Topliss-reactive ketones (excluding diaryl/α,β-unsaturated/α-hetero) is 1. The van der Waals surface area contributed by atoms with Gasteiger partial charge in [-0.1, -0.05) is 38.1 Å². The number of hydrogen-bond donors (Lipinski definition) is 3. The monoisotopic (exact) mass is 459 g/mol. The first-order valence-corrected chi connectivity index (χ1v) is 11.6. The van der Waals surface area contributed by atoms with Crippen molar-refractivity contribution in [3.63, 3.8) is 0 Å². The largest absolute Gasteiger partial charge is 0.384 e. The van der Waals surface area contributed by atoms with Crippen molar-refractivity contribution >= 4 is 29.0 Å². The first kappa shape index (κ1) is 24.9. The Morgan fingerprint density at radius 2 is 1.76 bits per heavy atom. The molecule has 2 aromatic heterocycles. The van der Waals surface area contributed by atoms with Gasteiger partial charge < -0.3 is 16.4 Å². The number of nitrogen functional groups attached to an aromatic ring is 1. The summed E-state index contributed by atoms with van der Waals surface area (Å²) in [5, 5.41) is 5.94. The summed E-state index contributed by atoms with van der Waals surface area (Å²) in [4.78, 5) is 33.7. The summed E-state index contributed by atoms with van der Waals surface area (Å²) in [6.07, 6.45) is 4.99. The maximum absolute atomic E-state index is 12.4. The molecule has 0 aliphatic carbocycles. The van der Waals surface area contributed by atoms with E-state index in [1.807, 2.05) is 42.5 Å². The number of anilines is 3. The molecule has 34 heavy (non-hydrogen) atoms. The number of aryl methyl sites for hydroxylation is 1. The van der Waals surface area contributed by atoms with Gasteiger partial charge in [-0.2, -0.15) is 0 Å². The lowest BCUT2D eigenvalue weighted by Gasteiger charge is -2.25. The number of rotatable bonds is 11. The summed E-state index contributed by atoms with van der Waals surface area (Å²) in [6.45, 7) is 4.23.